The summed E-state index contributed by atoms with van der Waals surface area (Å²) in [5.41, 5.74) is 2.17. The predicted molar refractivity (Wildman–Crippen MR) is 99.3 cm³/mol. The fourth-order valence-electron chi connectivity index (χ4n) is 3.01. The van der Waals surface area contributed by atoms with Crippen molar-refractivity contribution < 1.29 is 9.59 Å². The molecule has 130 valence electrons. The first-order valence-corrected chi connectivity index (χ1v) is 8.87. The van der Waals surface area contributed by atoms with E-state index in [1.165, 1.54) is 5.56 Å². The van der Waals surface area contributed by atoms with Crippen LogP contribution in [-0.4, -0.2) is 18.4 Å². The van der Waals surface area contributed by atoms with E-state index >= 15 is 0 Å². The molecule has 0 saturated heterocycles. The van der Waals surface area contributed by atoms with Gasteiger partial charge in [0.2, 0.25) is 11.8 Å². The summed E-state index contributed by atoms with van der Waals surface area (Å²) in [7, 11) is 0. The van der Waals surface area contributed by atoms with E-state index in [1.54, 1.807) is 0 Å². The van der Waals surface area contributed by atoms with Gasteiger partial charge >= 0.3 is 0 Å². The largest absolute Gasteiger partial charge is 0.355 e. The minimum absolute atomic E-state index is 0.157. The molecule has 1 aliphatic rings. The Labute approximate surface area is 148 Å². The van der Waals surface area contributed by atoms with Crippen LogP contribution in [0.1, 0.15) is 30.9 Å². The molecule has 4 nitrogen and oxygen atoms in total. The zero-order valence-corrected chi connectivity index (χ0v) is 14.5. The van der Waals surface area contributed by atoms with Crippen molar-refractivity contribution in [1.82, 2.24) is 5.32 Å². The third-order valence-electron chi connectivity index (χ3n) is 4.81. The highest BCUT2D eigenvalue weighted by Gasteiger charge is 2.56. The summed E-state index contributed by atoms with van der Waals surface area (Å²) in [5.74, 6) is -0.347. The molecule has 1 saturated carbocycles. The summed E-state index contributed by atoms with van der Waals surface area (Å²) in [6.45, 7) is 2.59. The van der Waals surface area contributed by atoms with Gasteiger partial charge in [0.1, 0.15) is 5.41 Å². The van der Waals surface area contributed by atoms with Crippen LogP contribution in [0, 0.1) is 5.41 Å². The van der Waals surface area contributed by atoms with E-state index in [0.29, 0.717) is 19.4 Å². The average Bonchev–Trinajstić information content (AvgIpc) is 3.45. The van der Waals surface area contributed by atoms with Crippen LogP contribution in [0.25, 0.3) is 0 Å². The average molecular weight is 336 g/mol. The van der Waals surface area contributed by atoms with Gasteiger partial charge in [-0.25, -0.2) is 0 Å². The molecule has 0 aliphatic heterocycles. The van der Waals surface area contributed by atoms with Gasteiger partial charge in [0.25, 0.3) is 0 Å². The van der Waals surface area contributed by atoms with Crippen molar-refractivity contribution in [1.29, 1.82) is 0 Å². The van der Waals surface area contributed by atoms with Gasteiger partial charge in [-0.15, -0.1) is 0 Å². The maximum absolute atomic E-state index is 12.7. The van der Waals surface area contributed by atoms with Gasteiger partial charge in [-0.3, -0.25) is 9.59 Å². The van der Waals surface area contributed by atoms with Crippen LogP contribution in [0.4, 0.5) is 5.69 Å². The predicted octanol–water partition coefficient (Wildman–Crippen LogP) is 3.33. The number of benzene rings is 2. The first kappa shape index (κ1) is 17.2. The standard InChI is InChI=1S/C21H24N2O2/c1-2-17-10-6-7-11-18(17)23-20(25)21(13-14-21)19(24)22-15-12-16-8-4-3-5-9-16/h3-11H,2,12-15H2,1H3,(H,22,24)(H,23,25). The maximum Gasteiger partial charge on any atom is 0.240 e. The normalized spacial score (nSPS) is 14.6. The van der Waals surface area contributed by atoms with Crippen molar-refractivity contribution in [3.8, 4) is 0 Å². The number of carbonyl (C=O) groups excluding carboxylic acids is 2. The number of hydrogen-bond donors (Lipinski definition) is 2. The maximum atomic E-state index is 12.7. The molecule has 0 bridgehead atoms. The van der Waals surface area contributed by atoms with Crippen molar-refractivity contribution in [2.45, 2.75) is 32.6 Å². The molecule has 2 N–H and O–H groups in total. The lowest BCUT2D eigenvalue weighted by atomic mass is 10.0. The number of carbonyl (C=O) groups is 2. The Kier molecular flexibility index (Phi) is 5.17. The summed E-state index contributed by atoms with van der Waals surface area (Å²) in [5, 5.41) is 5.88. The molecule has 3 rings (SSSR count). The zero-order valence-electron chi connectivity index (χ0n) is 14.5. The Morgan fingerprint density at radius 3 is 2.32 bits per heavy atom. The second-order valence-corrected chi connectivity index (χ2v) is 6.54. The molecule has 2 amide bonds. The molecular weight excluding hydrogens is 312 g/mol. The minimum atomic E-state index is -0.891. The highest BCUT2D eigenvalue weighted by atomic mass is 16.2. The van der Waals surface area contributed by atoms with Crippen molar-refractivity contribution in [2.24, 2.45) is 5.41 Å². The highest BCUT2D eigenvalue weighted by Crippen LogP contribution is 2.47. The molecule has 0 spiro atoms. The molecule has 0 radical (unpaired) electrons. The van der Waals surface area contributed by atoms with E-state index in [1.807, 2.05) is 61.5 Å². The third-order valence-corrected chi connectivity index (χ3v) is 4.81. The number of amides is 2. The summed E-state index contributed by atoms with van der Waals surface area (Å²) in [6, 6.07) is 17.7. The Bertz CT molecular complexity index is 752. The van der Waals surface area contributed by atoms with Crippen LogP contribution in [0.5, 0.6) is 0 Å². The second-order valence-electron chi connectivity index (χ2n) is 6.54. The van der Waals surface area contributed by atoms with E-state index in [-0.39, 0.29) is 11.8 Å². The van der Waals surface area contributed by atoms with Crippen molar-refractivity contribution in [3.05, 3.63) is 65.7 Å². The first-order valence-electron chi connectivity index (χ1n) is 8.87. The summed E-state index contributed by atoms with van der Waals surface area (Å²) in [4.78, 5) is 25.2. The number of anilines is 1. The van der Waals surface area contributed by atoms with E-state index in [9.17, 15) is 9.59 Å². The fourth-order valence-corrected chi connectivity index (χ4v) is 3.01. The molecule has 1 aliphatic carbocycles. The van der Waals surface area contributed by atoms with Gasteiger partial charge in [0, 0.05) is 12.2 Å². The SMILES string of the molecule is CCc1ccccc1NC(=O)C1(C(=O)NCCc2ccccc2)CC1. The van der Waals surface area contributed by atoms with E-state index in [4.69, 9.17) is 0 Å². The van der Waals surface area contributed by atoms with Crippen LogP contribution in [-0.2, 0) is 22.4 Å². The molecule has 0 heterocycles. The highest BCUT2D eigenvalue weighted by molar-refractivity contribution is 6.13. The Morgan fingerprint density at radius 2 is 1.64 bits per heavy atom. The molecular formula is C21H24N2O2. The smallest absolute Gasteiger partial charge is 0.240 e. The van der Waals surface area contributed by atoms with E-state index in [0.717, 1.165) is 24.1 Å². The summed E-state index contributed by atoms with van der Waals surface area (Å²) in [6.07, 6.45) is 2.84. The van der Waals surface area contributed by atoms with Crippen LogP contribution in [0.3, 0.4) is 0 Å². The third kappa shape index (κ3) is 3.90. The van der Waals surface area contributed by atoms with Crippen LogP contribution in [0.15, 0.2) is 54.6 Å². The molecule has 0 atom stereocenters. The monoisotopic (exact) mass is 336 g/mol. The van der Waals surface area contributed by atoms with Crippen LogP contribution in [0.2, 0.25) is 0 Å². The number of rotatable bonds is 7. The van der Waals surface area contributed by atoms with E-state index < -0.39 is 5.41 Å². The van der Waals surface area contributed by atoms with E-state index in [2.05, 4.69) is 10.6 Å². The number of para-hydroxylation sites is 1. The topological polar surface area (TPSA) is 58.2 Å². The number of hydrogen-bond acceptors (Lipinski definition) is 2. The number of aryl methyl sites for hydroxylation is 1. The lowest BCUT2D eigenvalue weighted by molar-refractivity contribution is -0.134. The van der Waals surface area contributed by atoms with Gasteiger partial charge in [-0.05, 0) is 42.9 Å². The van der Waals surface area contributed by atoms with Gasteiger partial charge in [-0.2, -0.15) is 0 Å². The summed E-state index contributed by atoms with van der Waals surface area (Å²) >= 11 is 0. The lowest BCUT2D eigenvalue weighted by Gasteiger charge is -2.17. The molecule has 2 aromatic carbocycles. The van der Waals surface area contributed by atoms with Crippen molar-refractivity contribution in [2.75, 3.05) is 11.9 Å². The van der Waals surface area contributed by atoms with Gasteiger partial charge in [0.15, 0.2) is 0 Å². The molecule has 1 fully saturated rings. The zero-order chi connectivity index (χ0) is 17.7. The van der Waals surface area contributed by atoms with Gasteiger partial charge in [-0.1, -0.05) is 55.5 Å². The molecule has 2 aromatic rings. The van der Waals surface area contributed by atoms with Gasteiger partial charge in [0.05, 0.1) is 0 Å². The molecule has 25 heavy (non-hydrogen) atoms. The molecule has 4 heteroatoms. The second kappa shape index (κ2) is 7.51. The molecule has 0 aromatic heterocycles. The van der Waals surface area contributed by atoms with Crippen molar-refractivity contribution in [3.63, 3.8) is 0 Å². The van der Waals surface area contributed by atoms with Gasteiger partial charge < -0.3 is 10.6 Å². The van der Waals surface area contributed by atoms with Crippen molar-refractivity contribution >= 4 is 17.5 Å². The Hall–Kier alpha value is -2.62. The minimum Gasteiger partial charge on any atom is -0.355 e. The summed E-state index contributed by atoms with van der Waals surface area (Å²) < 4.78 is 0. The number of nitrogens with one attached hydrogen (secondary N) is 2. The fraction of sp³-hybridized carbons (Fsp3) is 0.333. The Balaban J connectivity index is 1.57. The quantitative estimate of drug-likeness (QED) is 0.762. The first-order chi connectivity index (χ1) is 12.2. The van der Waals surface area contributed by atoms with Crippen LogP contribution < -0.4 is 10.6 Å². The Morgan fingerprint density at radius 1 is 0.960 bits per heavy atom. The van der Waals surface area contributed by atoms with Crippen LogP contribution >= 0.6 is 0 Å². The lowest BCUT2D eigenvalue weighted by Crippen LogP contribution is -2.40. The molecule has 0 unspecified atom stereocenters.